The molecule has 0 fully saturated rings. The Morgan fingerprint density at radius 2 is 1.33 bits per heavy atom. The van der Waals surface area contributed by atoms with Crippen molar-refractivity contribution in [3.8, 4) is 0 Å². The fourth-order valence-electron chi connectivity index (χ4n) is 2.07. The van der Waals surface area contributed by atoms with Gasteiger partial charge in [0.2, 0.25) is 0 Å². The quantitative estimate of drug-likeness (QED) is 0.781. The highest BCUT2D eigenvalue weighted by Crippen LogP contribution is 2.15. The standard InChI is InChI=1S/C18H15F3N2O4/c1-27-17(26)13-4-2-12(3-5-13)16(25)23-14-8-6-11(7-9-14)15(24)22-10-18(19,20)21/h2-9H,10H2,1H3,(H,22,24)(H,23,25). The lowest BCUT2D eigenvalue weighted by Gasteiger charge is -2.09. The third-order valence-electron chi connectivity index (χ3n) is 3.42. The van der Waals surface area contributed by atoms with Crippen LogP contribution in [0.4, 0.5) is 18.9 Å². The zero-order valence-corrected chi connectivity index (χ0v) is 14.1. The third kappa shape index (κ3) is 5.84. The molecule has 6 nitrogen and oxygen atoms in total. The number of alkyl halides is 3. The van der Waals surface area contributed by atoms with Gasteiger partial charge in [0, 0.05) is 16.8 Å². The number of ether oxygens (including phenoxy) is 1. The molecule has 142 valence electrons. The number of anilines is 1. The maximum atomic E-state index is 12.2. The lowest BCUT2D eigenvalue weighted by molar-refractivity contribution is -0.123. The van der Waals surface area contributed by atoms with Crippen molar-refractivity contribution in [3.63, 3.8) is 0 Å². The Morgan fingerprint density at radius 1 is 0.852 bits per heavy atom. The smallest absolute Gasteiger partial charge is 0.405 e. The number of hydrogen-bond acceptors (Lipinski definition) is 4. The number of rotatable bonds is 5. The molecule has 2 rings (SSSR count). The van der Waals surface area contributed by atoms with Crippen LogP contribution in [0.2, 0.25) is 0 Å². The maximum Gasteiger partial charge on any atom is 0.405 e. The van der Waals surface area contributed by atoms with Crippen molar-refractivity contribution in [2.45, 2.75) is 6.18 Å². The van der Waals surface area contributed by atoms with Gasteiger partial charge in [0.25, 0.3) is 11.8 Å². The lowest BCUT2D eigenvalue weighted by atomic mass is 10.1. The van der Waals surface area contributed by atoms with Crippen molar-refractivity contribution in [2.75, 3.05) is 19.0 Å². The normalized spacial score (nSPS) is 10.8. The van der Waals surface area contributed by atoms with Gasteiger partial charge in [-0.05, 0) is 48.5 Å². The highest BCUT2D eigenvalue weighted by Gasteiger charge is 2.27. The molecular weight excluding hydrogens is 365 g/mol. The van der Waals surface area contributed by atoms with Crippen LogP contribution in [0.15, 0.2) is 48.5 Å². The van der Waals surface area contributed by atoms with E-state index >= 15 is 0 Å². The van der Waals surface area contributed by atoms with Crippen LogP contribution in [0.3, 0.4) is 0 Å². The average molecular weight is 380 g/mol. The molecule has 2 N–H and O–H groups in total. The van der Waals surface area contributed by atoms with Crippen molar-refractivity contribution in [1.82, 2.24) is 5.32 Å². The van der Waals surface area contributed by atoms with Crippen molar-refractivity contribution in [2.24, 2.45) is 0 Å². The third-order valence-corrected chi connectivity index (χ3v) is 3.42. The first-order valence-electron chi connectivity index (χ1n) is 7.64. The summed E-state index contributed by atoms with van der Waals surface area (Å²) in [4.78, 5) is 35.1. The molecule has 0 heterocycles. The van der Waals surface area contributed by atoms with Gasteiger partial charge in [0.15, 0.2) is 0 Å². The zero-order chi connectivity index (χ0) is 20.0. The summed E-state index contributed by atoms with van der Waals surface area (Å²) >= 11 is 0. The monoisotopic (exact) mass is 380 g/mol. The van der Waals surface area contributed by atoms with E-state index in [1.165, 1.54) is 55.6 Å². The highest BCUT2D eigenvalue weighted by atomic mass is 19.4. The van der Waals surface area contributed by atoms with Gasteiger partial charge in [-0.1, -0.05) is 0 Å². The Morgan fingerprint density at radius 3 is 1.85 bits per heavy atom. The van der Waals surface area contributed by atoms with Crippen molar-refractivity contribution in [3.05, 3.63) is 65.2 Å². The minimum Gasteiger partial charge on any atom is -0.465 e. The van der Waals surface area contributed by atoms with Crippen molar-refractivity contribution < 1.29 is 32.3 Å². The van der Waals surface area contributed by atoms with Crippen LogP contribution in [0.5, 0.6) is 0 Å². The number of carbonyl (C=O) groups is 3. The Labute approximate surface area is 152 Å². The largest absolute Gasteiger partial charge is 0.465 e. The summed E-state index contributed by atoms with van der Waals surface area (Å²) in [7, 11) is 1.25. The molecule has 0 aliphatic rings. The molecule has 0 radical (unpaired) electrons. The van der Waals surface area contributed by atoms with Crippen LogP contribution >= 0.6 is 0 Å². The molecular formula is C18H15F3N2O4. The minimum atomic E-state index is -4.49. The van der Waals surface area contributed by atoms with E-state index in [1.807, 2.05) is 0 Å². The van der Waals surface area contributed by atoms with Gasteiger partial charge < -0.3 is 15.4 Å². The molecule has 0 aliphatic heterocycles. The first-order valence-corrected chi connectivity index (χ1v) is 7.64. The van der Waals surface area contributed by atoms with Crippen molar-refractivity contribution in [1.29, 1.82) is 0 Å². The Hall–Kier alpha value is -3.36. The fourth-order valence-corrected chi connectivity index (χ4v) is 2.07. The fraction of sp³-hybridized carbons (Fsp3) is 0.167. The Kier molecular flexibility index (Phi) is 6.17. The summed E-state index contributed by atoms with van der Waals surface area (Å²) in [5, 5.41) is 4.33. The van der Waals surface area contributed by atoms with Crippen LogP contribution in [-0.2, 0) is 4.74 Å². The predicted molar refractivity (Wildman–Crippen MR) is 90.6 cm³/mol. The number of methoxy groups -OCH3 is 1. The summed E-state index contributed by atoms with van der Waals surface area (Å²) in [5.41, 5.74) is 0.960. The van der Waals surface area contributed by atoms with E-state index in [0.717, 1.165) is 0 Å². The van der Waals surface area contributed by atoms with Crippen LogP contribution in [0, 0.1) is 0 Å². The van der Waals surface area contributed by atoms with Gasteiger partial charge >= 0.3 is 12.1 Å². The van der Waals surface area contributed by atoms with Gasteiger partial charge in [0.05, 0.1) is 12.7 Å². The van der Waals surface area contributed by atoms with Gasteiger partial charge in [-0.2, -0.15) is 13.2 Å². The van der Waals surface area contributed by atoms with E-state index in [2.05, 4.69) is 10.1 Å². The second-order valence-electron chi connectivity index (χ2n) is 5.40. The molecule has 9 heteroatoms. The first-order chi connectivity index (χ1) is 12.7. The van der Waals surface area contributed by atoms with E-state index in [0.29, 0.717) is 11.3 Å². The van der Waals surface area contributed by atoms with Crippen LogP contribution in [0.25, 0.3) is 0 Å². The second kappa shape index (κ2) is 8.35. The molecule has 0 spiro atoms. The van der Waals surface area contributed by atoms with E-state index < -0.39 is 30.5 Å². The molecule has 0 aliphatic carbocycles. The maximum absolute atomic E-state index is 12.2. The average Bonchev–Trinajstić information content (AvgIpc) is 2.65. The summed E-state index contributed by atoms with van der Waals surface area (Å²) in [5.74, 6) is -1.86. The number of nitrogens with one attached hydrogen (secondary N) is 2. The molecule has 0 bridgehead atoms. The topological polar surface area (TPSA) is 84.5 Å². The number of esters is 1. The van der Waals surface area contributed by atoms with Gasteiger partial charge in [-0.25, -0.2) is 4.79 Å². The van der Waals surface area contributed by atoms with Gasteiger partial charge in [0.1, 0.15) is 6.54 Å². The van der Waals surface area contributed by atoms with Gasteiger partial charge in [-0.15, -0.1) is 0 Å². The van der Waals surface area contributed by atoms with Crippen LogP contribution in [-0.4, -0.2) is 37.6 Å². The minimum absolute atomic E-state index is 0.0275. The molecule has 2 aromatic rings. The second-order valence-corrected chi connectivity index (χ2v) is 5.40. The highest BCUT2D eigenvalue weighted by molar-refractivity contribution is 6.05. The molecule has 0 aromatic heterocycles. The van der Waals surface area contributed by atoms with E-state index in [4.69, 9.17) is 0 Å². The predicted octanol–water partition coefficient (Wildman–Crippen LogP) is 3.02. The van der Waals surface area contributed by atoms with E-state index in [1.54, 1.807) is 5.32 Å². The van der Waals surface area contributed by atoms with E-state index in [9.17, 15) is 27.6 Å². The molecule has 0 atom stereocenters. The number of amides is 2. The lowest BCUT2D eigenvalue weighted by Crippen LogP contribution is -2.33. The first kappa shape index (κ1) is 20.0. The number of halogens is 3. The molecule has 2 aromatic carbocycles. The molecule has 0 saturated carbocycles. The van der Waals surface area contributed by atoms with Gasteiger partial charge in [-0.3, -0.25) is 9.59 Å². The van der Waals surface area contributed by atoms with Crippen molar-refractivity contribution >= 4 is 23.5 Å². The summed E-state index contributed by atoms with van der Waals surface area (Å²) < 4.78 is 40.9. The number of carbonyl (C=O) groups excluding carboxylic acids is 3. The number of benzene rings is 2. The molecule has 0 unspecified atom stereocenters. The zero-order valence-electron chi connectivity index (χ0n) is 14.1. The summed E-state index contributed by atoms with van der Waals surface area (Å²) in [6.07, 6.45) is -4.49. The SMILES string of the molecule is COC(=O)c1ccc(C(=O)Nc2ccc(C(=O)NCC(F)(F)F)cc2)cc1. The Bertz CT molecular complexity index is 831. The molecule has 27 heavy (non-hydrogen) atoms. The molecule has 2 amide bonds. The van der Waals surface area contributed by atoms with Crippen LogP contribution in [0.1, 0.15) is 31.1 Å². The van der Waals surface area contributed by atoms with Crippen LogP contribution < -0.4 is 10.6 Å². The summed E-state index contributed by atoms with van der Waals surface area (Å²) in [6, 6.07) is 11.1. The Balaban J connectivity index is 1.98. The van der Waals surface area contributed by atoms with E-state index in [-0.39, 0.29) is 11.1 Å². The number of hydrogen-bond donors (Lipinski definition) is 2. The molecule has 0 saturated heterocycles. The summed E-state index contributed by atoms with van der Waals surface area (Å²) in [6.45, 7) is -1.42.